The van der Waals surface area contributed by atoms with Crippen molar-refractivity contribution in [2.45, 2.75) is 32.3 Å². The largest absolute Gasteiger partial charge is 0.481 e. The highest BCUT2D eigenvalue weighted by molar-refractivity contribution is 5.71. The first-order valence-corrected chi connectivity index (χ1v) is 5.48. The second-order valence-corrected chi connectivity index (χ2v) is 4.18. The van der Waals surface area contributed by atoms with Gasteiger partial charge < -0.3 is 10.2 Å². The van der Waals surface area contributed by atoms with Crippen molar-refractivity contribution >= 4 is 5.97 Å². The Kier molecular flexibility index (Phi) is 4.07. The zero-order chi connectivity index (χ0) is 12.2. The Balaban J connectivity index is 2.86. The maximum atomic E-state index is 10.9. The van der Waals surface area contributed by atoms with Gasteiger partial charge in [-0.05, 0) is 18.9 Å². The molecule has 1 aromatic rings. The van der Waals surface area contributed by atoms with Gasteiger partial charge in [0.2, 0.25) is 0 Å². The summed E-state index contributed by atoms with van der Waals surface area (Å²) in [6, 6.07) is 9.47. The zero-order valence-electron chi connectivity index (χ0n) is 9.68. The molecular weight excluding hydrogens is 204 g/mol. The predicted octanol–water partition coefficient (Wildman–Crippen LogP) is 2.09. The number of hydrogen-bond donors (Lipinski definition) is 2. The van der Waals surface area contributed by atoms with Crippen molar-refractivity contribution in [1.29, 1.82) is 0 Å². The van der Waals surface area contributed by atoms with Crippen LogP contribution in [0.5, 0.6) is 0 Å². The summed E-state index contributed by atoms with van der Waals surface area (Å²) in [7, 11) is 0. The predicted molar refractivity (Wildman–Crippen MR) is 62.2 cm³/mol. The number of carbonyl (C=O) groups is 1. The van der Waals surface area contributed by atoms with Crippen LogP contribution in [0.3, 0.4) is 0 Å². The van der Waals surface area contributed by atoms with Crippen LogP contribution in [0, 0.1) is 5.92 Å². The Morgan fingerprint density at radius 1 is 1.38 bits per heavy atom. The first kappa shape index (κ1) is 12.7. The number of carboxylic acids is 1. The third-order valence-corrected chi connectivity index (χ3v) is 3.14. The molecule has 16 heavy (non-hydrogen) atoms. The first-order chi connectivity index (χ1) is 7.49. The highest BCUT2D eigenvalue weighted by atomic mass is 16.4. The van der Waals surface area contributed by atoms with E-state index in [1.54, 1.807) is 6.92 Å². The molecule has 3 nitrogen and oxygen atoms in total. The molecule has 88 valence electrons. The van der Waals surface area contributed by atoms with Crippen LogP contribution in [0.25, 0.3) is 0 Å². The second-order valence-electron chi connectivity index (χ2n) is 4.18. The summed E-state index contributed by atoms with van der Waals surface area (Å²) in [4.78, 5) is 10.9. The van der Waals surface area contributed by atoms with Crippen molar-refractivity contribution in [2.24, 2.45) is 5.92 Å². The van der Waals surface area contributed by atoms with E-state index in [2.05, 4.69) is 0 Å². The Bertz CT molecular complexity index is 347. The van der Waals surface area contributed by atoms with E-state index in [4.69, 9.17) is 5.11 Å². The molecule has 0 heterocycles. The lowest BCUT2D eigenvalue weighted by atomic mass is 9.81. The standard InChI is InChI=1S/C13H18O3/c1-3-13(16,10(2)12(14)15)9-11-7-5-4-6-8-11/h4-8,10,16H,3,9H2,1-2H3,(H,14,15). The molecule has 3 heteroatoms. The SMILES string of the molecule is CCC(O)(Cc1ccccc1)C(C)C(=O)O. The quantitative estimate of drug-likeness (QED) is 0.802. The normalized spacial score (nSPS) is 16.4. The van der Waals surface area contributed by atoms with Gasteiger partial charge in [-0.2, -0.15) is 0 Å². The van der Waals surface area contributed by atoms with Crippen LogP contribution in [-0.4, -0.2) is 21.8 Å². The van der Waals surface area contributed by atoms with Crippen LogP contribution in [-0.2, 0) is 11.2 Å². The number of aliphatic carboxylic acids is 1. The molecule has 2 unspecified atom stereocenters. The van der Waals surface area contributed by atoms with Crippen LogP contribution < -0.4 is 0 Å². The molecule has 0 amide bonds. The summed E-state index contributed by atoms with van der Waals surface area (Å²) in [5.41, 5.74) is -0.215. The molecule has 1 rings (SSSR count). The van der Waals surface area contributed by atoms with Crippen molar-refractivity contribution in [3.05, 3.63) is 35.9 Å². The van der Waals surface area contributed by atoms with Gasteiger partial charge in [-0.3, -0.25) is 4.79 Å². The van der Waals surface area contributed by atoms with E-state index in [0.717, 1.165) is 5.56 Å². The number of carboxylic acid groups (broad SMARTS) is 1. The summed E-state index contributed by atoms with van der Waals surface area (Å²) in [5.74, 6) is -1.72. The Hall–Kier alpha value is -1.35. The summed E-state index contributed by atoms with van der Waals surface area (Å²) in [6.45, 7) is 3.36. The number of rotatable bonds is 5. The van der Waals surface area contributed by atoms with Crippen molar-refractivity contribution in [3.63, 3.8) is 0 Å². The maximum Gasteiger partial charge on any atom is 0.309 e. The van der Waals surface area contributed by atoms with Gasteiger partial charge in [0.25, 0.3) is 0 Å². The second kappa shape index (κ2) is 5.12. The lowest BCUT2D eigenvalue weighted by Crippen LogP contribution is -2.42. The van der Waals surface area contributed by atoms with Crippen LogP contribution in [0.2, 0.25) is 0 Å². The average molecular weight is 222 g/mol. The smallest absolute Gasteiger partial charge is 0.309 e. The Labute approximate surface area is 95.7 Å². The lowest BCUT2D eigenvalue weighted by molar-refractivity contribution is -0.151. The minimum absolute atomic E-state index is 0.373. The van der Waals surface area contributed by atoms with E-state index in [9.17, 15) is 9.90 Å². The molecule has 0 aromatic heterocycles. The summed E-state index contributed by atoms with van der Waals surface area (Å²) in [5, 5.41) is 19.3. The minimum atomic E-state index is -1.17. The van der Waals surface area contributed by atoms with Crippen molar-refractivity contribution in [2.75, 3.05) is 0 Å². The molecule has 0 bridgehead atoms. The number of benzene rings is 1. The van der Waals surface area contributed by atoms with Crippen molar-refractivity contribution < 1.29 is 15.0 Å². The molecular formula is C13H18O3. The lowest BCUT2D eigenvalue weighted by Gasteiger charge is -2.30. The monoisotopic (exact) mass is 222 g/mol. The molecule has 0 saturated carbocycles. The fraction of sp³-hybridized carbons (Fsp3) is 0.462. The molecule has 1 aromatic carbocycles. The van der Waals surface area contributed by atoms with Gasteiger partial charge in [0.15, 0.2) is 0 Å². The average Bonchev–Trinajstić information content (AvgIpc) is 2.29. The molecule has 0 aliphatic heterocycles. The highest BCUT2D eigenvalue weighted by Gasteiger charge is 2.36. The van der Waals surface area contributed by atoms with Crippen LogP contribution >= 0.6 is 0 Å². The molecule has 0 aliphatic rings. The van der Waals surface area contributed by atoms with E-state index < -0.39 is 17.5 Å². The Morgan fingerprint density at radius 2 is 1.94 bits per heavy atom. The topological polar surface area (TPSA) is 57.5 Å². The summed E-state index contributed by atoms with van der Waals surface area (Å²) in [6.07, 6.45) is 0.799. The molecule has 2 atom stereocenters. The number of aliphatic hydroxyl groups is 1. The van der Waals surface area contributed by atoms with E-state index in [0.29, 0.717) is 12.8 Å². The molecule has 0 fully saturated rings. The van der Waals surface area contributed by atoms with E-state index >= 15 is 0 Å². The van der Waals surface area contributed by atoms with Gasteiger partial charge in [-0.1, -0.05) is 37.3 Å². The molecule has 0 spiro atoms. The molecule has 0 radical (unpaired) electrons. The fourth-order valence-corrected chi connectivity index (χ4v) is 1.76. The zero-order valence-corrected chi connectivity index (χ0v) is 9.68. The third-order valence-electron chi connectivity index (χ3n) is 3.14. The highest BCUT2D eigenvalue weighted by Crippen LogP contribution is 2.26. The van der Waals surface area contributed by atoms with Gasteiger partial charge in [0.1, 0.15) is 0 Å². The summed E-state index contributed by atoms with van der Waals surface area (Å²) < 4.78 is 0. The van der Waals surface area contributed by atoms with Gasteiger partial charge >= 0.3 is 5.97 Å². The van der Waals surface area contributed by atoms with Crippen molar-refractivity contribution in [3.8, 4) is 0 Å². The van der Waals surface area contributed by atoms with Crippen LogP contribution in [0.1, 0.15) is 25.8 Å². The van der Waals surface area contributed by atoms with E-state index in [1.165, 1.54) is 0 Å². The molecule has 0 aliphatic carbocycles. The third kappa shape index (κ3) is 2.83. The fourth-order valence-electron chi connectivity index (χ4n) is 1.76. The van der Waals surface area contributed by atoms with E-state index in [1.807, 2.05) is 37.3 Å². The van der Waals surface area contributed by atoms with Gasteiger partial charge in [-0.15, -0.1) is 0 Å². The number of hydrogen-bond acceptors (Lipinski definition) is 2. The first-order valence-electron chi connectivity index (χ1n) is 5.48. The Morgan fingerprint density at radius 3 is 2.38 bits per heavy atom. The summed E-state index contributed by atoms with van der Waals surface area (Å²) >= 11 is 0. The van der Waals surface area contributed by atoms with Gasteiger partial charge in [-0.25, -0.2) is 0 Å². The van der Waals surface area contributed by atoms with E-state index in [-0.39, 0.29) is 0 Å². The maximum absolute atomic E-state index is 10.9. The molecule has 2 N–H and O–H groups in total. The van der Waals surface area contributed by atoms with Crippen molar-refractivity contribution in [1.82, 2.24) is 0 Å². The van der Waals surface area contributed by atoms with Gasteiger partial charge in [0, 0.05) is 6.42 Å². The molecule has 0 saturated heterocycles. The van der Waals surface area contributed by atoms with Crippen LogP contribution in [0.15, 0.2) is 30.3 Å². The van der Waals surface area contributed by atoms with Gasteiger partial charge in [0.05, 0.1) is 11.5 Å². The van der Waals surface area contributed by atoms with Crippen LogP contribution in [0.4, 0.5) is 0 Å². The minimum Gasteiger partial charge on any atom is -0.481 e.